The van der Waals surface area contributed by atoms with Gasteiger partial charge in [-0.1, -0.05) is 39.3 Å². The van der Waals surface area contributed by atoms with Gasteiger partial charge in [0.15, 0.2) is 5.82 Å². The number of nitrogens with zero attached hydrogens (tertiary/aromatic N) is 5. The molecule has 0 saturated carbocycles. The van der Waals surface area contributed by atoms with Gasteiger partial charge in [0.05, 0.1) is 11.2 Å². The van der Waals surface area contributed by atoms with Crippen LogP contribution in [-0.4, -0.2) is 24.4 Å². The molecule has 5 nitrogen and oxygen atoms in total. The van der Waals surface area contributed by atoms with Crippen LogP contribution in [0, 0.1) is 0 Å². The molecule has 0 aliphatic carbocycles. The van der Waals surface area contributed by atoms with E-state index in [2.05, 4.69) is 35.6 Å². The minimum absolute atomic E-state index is 0.696. The van der Waals surface area contributed by atoms with Crippen LogP contribution < -0.4 is 0 Å². The van der Waals surface area contributed by atoms with Gasteiger partial charge in [-0.15, -0.1) is 5.10 Å². The van der Waals surface area contributed by atoms with E-state index in [1.165, 1.54) is 0 Å². The largest absolute Gasteiger partial charge is 0.301 e. The molecule has 0 spiro atoms. The molecule has 0 radical (unpaired) electrons. The van der Waals surface area contributed by atoms with E-state index in [1.807, 2.05) is 48.7 Å². The number of hydrogen-bond acceptors (Lipinski definition) is 3. The quantitative estimate of drug-likeness (QED) is 0.532. The Balaban J connectivity index is 2.07. The first-order valence-corrected chi connectivity index (χ1v) is 7.33. The fraction of sp³-hybridized carbons (Fsp3) is 0.0714. The molecule has 0 unspecified atom stereocenters. The predicted octanol–water partition coefficient (Wildman–Crippen LogP) is 2.96. The topological polar surface area (TPSA) is 48.0 Å². The molecule has 0 amide bonds. The maximum atomic E-state index is 4.67. The van der Waals surface area contributed by atoms with E-state index in [0.29, 0.717) is 5.33 Å². The van der Waals surface area contributed by atoms with Gasteiger partial charge < -0.3 is 4.40 Å². The summed E-state index contributed by atoms with van der Waals surface area (Å²) in [6.07, 6.45) is 2.00. The van der Waals surface area contributed by atoms with Crippen molar-refractivity contribution in [1.82, 2.24) is 24.4 Å². The first kappa shape index (κ1) is 11.6. The highest BCUT2D eigenvalue weighted by Crippen LogP contribution is 2.22. The maximum absolute atomic E-state index is 4.67. The van der Waals surface area contributed by atoms with E-state index in [1.54, 1.807) is 4.68 Å². The Morgan fingerprint density at radius 3 is 2.80 bits per heavy atom. The molecule has 98 valence electrons. The number of rotatable bonds is 2. The molecule has 0 N–H and O–H groups in total. The molecule has 1 aromatic carbocycles. The Bertz CT molecular complexity index is 908. The molecule has 0 aliphatic heterocycles. The van der Waals surface area contributed by atoms with Gasteiger partial charge >= 0.3 is 0 Å². The molecule has 0 bridgehead atoms. The van der Waals surface area contributed by atoms with Gasteiger partial charge in [0.2, 0.25) is 0 Å². The Labute approximate surface area is 123 Å². The summed E-state index contributed by atoms with van der Waals surface area (Å²) in [6, 6.07) is 13.8. The molecule has 6 heteroatoms. The van der Waals surface area contributed by atoms with Crippen molar-refractivity contribution in [2.45, 2.75) is 5.33 Å². The molecule has 3 heterocycles. The van der Waals surface area contributed by atoms with Crippen LogP contribution in [0.2, 0.25) is 0 Å². The number of imidazole rings is 1. The van der Waals surface area contributed by atoms with Crippen molar-refractivity contribution in [3.05, 3.63) is 54.4 Å². The number of halogens is 1. The fourth-order valence-electron chi connectivity index (χ4n) is 2.35. The summed E-state index contributed by atoms with van der Waals surface area (Å²) in [6.45, 7) is 0. The van der Waals surface area contributed by atoms with Gasteiger partial charge in [-0.3, -0.25) is 0 Å². The minimum atomic E-state index is 0.696. The third-order valence-corrected chi connectivity index (χ3v) is 3.82. The van der Waals surface area contributed by atoms with Crippen molar-refractivity contribution in [3.8, 4) is 5.82 Å². The summed E-state index contributed by atoms with van der Waals surface area (Å²) >= 11 is 3.54. The van der Waals surface area contributed by atoms with Crippen molar-refractivity contribution >= 4 is 32.6 Å². The second-order valence-corrected chi connectivity index (χ2v) is 5.00. The van der Waals surface area contributed by atoms with Gasteiger partial charge in [-0.05, 0) is 24.3 Å². The fourth-order valence-corrected chi connectivity index (χ4v) is 2.87. The van der Waals surface area contributed by atoms with Crippen molar-refractivity contribution in [2.24, 2.45) is 0 Å². The number of hydrogen-bond donors (Lipinski definition) is 0. The molecule has 0 saturated heterocycles. The van der Waals surface area contributed by atoms with E-state index in [4.69, 9.17) is 0 Å². The Morgan fingerprint density at radius 1 is 1.05 bits per heavy atom. The summed E-state index contributed by atoms with van der Waals surface area (Å²) < 4.78 is 3.85. The standard InChI is InChI=1S/C14H10BrN5/c15-9-12-14(16-13-7-3-4-8-19(12)13)20-11-6-2-1-5-10(11)17-18-20/h1-8H,9H2. The molecule has 0 aliphatic rings. The molecule has 0 fully saturated rings. The van der Waals surface area contributed by atoms with Gasteiger partial charge in [0.25, 0.3) is 0 Å². The lowest BCUT2D eigenvalue weighted by atomic mass is 10.3. The zero-order valence-electron chi connectivity index (χ0n) is 10.4. The lowest BCUT2D eigenvalue weighted by Crippen LogP contribution is -2.01. The highest BCUT2D eigenvalue weighted by molar-refractivity contribution is 9.08. The number of para-hydroxylation sites is 1. The average molecular weight is 328 g/mol. The summed E-state index contributed by atoms with van der Waals surface area (Å²) in [4.78, 5) is 4.67. The van der Waals surface area contributed by atoms with Gasteiger partial charge in [-0.2, -0.15) is 4.68 Å². The summed E-state index contributed by atoms with van der Waals surface area (Å²) in [5.74, 6) is 0.807. The van der Waals surface area contributed by atoms with Gasteiger partial charge in [0.1, 0.15) is 11.2 Å². The van der Waals surface area contributed by atoms with E-state index >= 15 is 0 Å². The first-order chi connectivity index (χ1) is 9.88. The number of aromatic nitrogens is 5. The van der Waals surface area contributed by atoms with Crippen LogP contribution in [0.5, 0.6) is 0 Å². The smallest absolute Gasteiger partial charge is 0.178 e. The monoisotopic (exact) mass is 327 g/mol. The number of benzene rings is 1. The van der Waals surface area contributed by atoms with Crippen molar-refractivity contribution < 1.29 is 0 Å². The van der Waals surface area contributed by atoms with Crippen molar-refractivity contribution in [2.75, 3.05) is 0 Å². The van der Waals surface area contributed by atoms with E-state index in [9.17, 15) is 0 Å². The Morgan fingerprint density at radius 2 is 1.90 bits per heavy atom. The Hall–Kier alpha value is -2.21. The third kappa shape index (κ3) is 1.58. The van der Waals surface area contributed by atoms with E-state index in [-0.39, 0.29) is 0 Å². The third-order valence-electron chi connectivity index (χ3n) is 3.29. The van der Waals surface area contributed by atoms with E-state index in [0.717, 1.165) is 28.2 Å². The van der Waals surface area contributed by atoms with Gasteiger partial charge in [0, 0.05) is 11.5 Å². The number of alkyl halides is 1. The molecule has 0 atom stereocenters. The highest BCUT2D eigenvalue weighted by atomic mass is 79.9. The number of fused-ring (bicyclic) bond motifs is 2. The molecule has 4 aromatic rings. The zero-order chi connectivity index (χ0) is 13.5. The highest BCUT2D eigenvalue weighted by Gasteiger charge is 2.15. The van der Waals surface area contributed by atoms with Crippen LogP contribution >= 0.6 is 15.9 Å². The second-order valence-electron chi connectivity index (χ2n) is 4.43. The van der Waals surface area contributed by atoms with Crippen molar-refractivity contribution in [3.63, 3.8) is 0 Å². The summed E-state index contributed by atoms with van der Waals surface area (Å²) in [5, 5.41) is 9.12. The second kappa shape index (κ2) is 4.42. The zero-order valence-corrected chi connectivity index (χ0v) is 12.0. The normalized spacial score (nSPS) is 11.4. The lowest BCUT2D eigenvalue weighted by molar-refractivity contribution is 0.799. The van der Waals surface area contributed by atoms with Crippen LogP contribution in [0.4, 0.5) is 0 Å². The first-order valence-electron chi connectivity index (χ1n) is 6.21. The minimum Gasteiger partial charge on any atom is -0.301 e. The molecule has 4 rings (SSSR count). The maximum Gasteiger partial charge on any atom is 0.178 e. The van der Waals surface area contributed by atoms with Crippen LogP contribution in [0.3, 0.4) is 0 Å². The molecular weight excluding hydrogens is 318 g/mol. The van der Waals surface area contributed by atoms with Crippen LogP contribution in [0.15, 0.2) is 48.7 Å². The van der Waals surface area contributed by atoms with Crippen LogP contribution in [-0.2, 0) is 5.33 Å². The van der Waals surface area contributed by atoms with E-state index < -0.39 is 0 Å². The predicted molar refractivity (Wildman–Crippen MR) is 80.2 cm³/mol. The van der Waals surface area contributed by atoms with Crippen LogP contribution in [0.25, 0.3) is 22.5 Å². The molecular formula is C14H10BrN5. The number of pyridine rings is 1. The van der Waals surface area contributed by atoms with Crippen molar-refractivity contribution in [1.29, 1.82) is 0 Å². The van der Waals surface area contributed by atoms with Crippen LogP contribution in [0.1, 0.15) is 5.69 Å². The molecule has 20 heavy (non-hydrogen) atoms. The summed E-state index contributed by atoms with van der Waals surface area (Å²) in [7, 11) is 0. The average Bonchev–Trinajstić information content (AvgIpc) is 3.07. The van der Waals surface area contributed by atoms with Gasteiger partial charge in [-0.25, -0.2) is 4.98 Å². The summed E-state index contributed by atoms with van der Waals surface area (Å²) in [5.41, 5.74) is 3.77. The Kier molecular flexibility index (Phi) is 2.56. The molecule has 3 aromatic heterocycles. The SMILES string of the molecule is BrCc1c(-n2nnc3ccccc32)nc2ccccn12. The lowest BCUT2D eigenvalue weighted by Gasteiger charge is -2.01.